The van der Waals surface area contributed by atoms with E-state index in [0.29, 0.717) is 0 Å². The highest BCUT2D eigenvalue weighted by atomic mass is 35.5. The summed E-state index contributed by atoms with van der Waals surface area (Å²) in [6, 6.07) is 3.96. The number of hydrogen-bond donors (Lipinski definition) is 0. The largest absolute Gasteiger partial charge is 0.497 e. The molecule has 3 nitrogen and oxygen atoms in total. The molecule has 1 rings (SSSR count). The lowest BCUT2D eigenvalue weighted by Crippen LogP contribution is -2.06. The van der Waals surface area contributed by atoms with Gasteiger partial charge in [-0.15, -0.1) is 11.6 Å². The molecule has 0 atom stereocenters. The Morgan fingerprint density at radius 2 is 2.33 bits per heavy atom. The predicted molar refractivity (Wildman–Crippen MR) is 52.7 cm³/mol. The summed E-state index contributed by atoms with van der Waals surface area (Å²) in [7, 11) is 1.34. The van der Waals surface area contributed by atoms with Gasteiger partial charge in [0.2, 0.25) is 0 Å². The number of rotatable bonds is 3. The summed E-state index contributed by atoms with van der Waals surface area (Å²) in [5.41, 5.74) is -0.356. The molecule has 0 saturated heterocycles. The zero-order valence-corrected chi connectivity index (χ0v) is 8.64. The van der Waals surface area contributed by atoms with Gasteiger partial charge in [0, 0.05) is 11.6 Å². The average molecular weight is 228 g/mol. The third-order valence-electron chi connectivity index (χ3n) is 1.83. The van der Waals surface area contributed by atoms with Crippen LogP contribution in [0.15, 0.2) is 12.1 Å². The van der Waals surface area contributed by atoms with E-state index in [9.17, 15) is 9.18 Å². The minimum atomic E-state index is -0.787. The number of halogens is 2. The fourth-order valence-corrected chi connectivity index (χ4v) is 1.25. The quantitative estimate of drug-likeness (QED) is 0.587. The van der Waals surface area contributed by atoms with Crippen LogP contribution < -0.4 is 4.74 Å². The van der Waals surface area contributed by atoms with Crippen molar-refractivity contribution in [3.05, 3.63) is 29.1 Å². The van der Waals surface area contributed by atoms with Crippen LogP contribution in [0.3, 0.4) is 0 Å². The van der Waals surface area contributed by atoms with Gasteiger partial charge in [0.1, 0.15) is 17.6 Å². The van der Waals surface area contributed by atoms with Crippen molar-refractivity contribution in [3.8, 4) is 11.8 Å². The van der Waals surface area contributed by atoms with Gasteiger partial charge in [-0.3, -0.25) is 4.79 Å². The van der Waals surface area contributed by atoms with Crippen molar-refractivity contribution in [1.29, 1.82) is 5.26 Å². The van der Waals surface area contributed by atoms with Crippen LogP contribution in [0.2, 0.25) is 0 Å². The maximum absolute atomic E-state index is 13.3. The molecule has 0 aromatic heterocycles. The molecular formula is C10H7ClFNO2. The smallest absolute Gasteiger partial charge is 0.179 e. The molecule has 0 bridgehead atoms. The Balaban J connectivity index is 3.40. The van der Waals surface area contributed by atoms with Gasteiger partial charge < -0.3 is 4.74 Å². The molecule has 15 heavy (non-hydrogen) atoms. The third-order valence-corrected chi connectivity index (χ3v) is 2.08. The predicted octanol–water partition coefficient (Wildman–Crippen LogP) is 2.13. The fourth-order valence-electron chi connectivity index (χ4n) is 1.11. The minimum Gasteiger partial charge on any atom is -0.497 e. The normalized spacial score (nSPS) is 9.47. The molecule has 0 saturated carbocycles. The standard InChI is InChI=1S/C10H7ClFNO2/c1-15-6-2-7(10(14)4-11)8(5-13)9(12)3-6/h2-3H,4H2,1H3. The first-order valence-electron chi connectivity index (χ1n) is 4.00. The van der Waals surface area contributed by atoms with Crippen molar-refractivity contribution in [1.82, 2.24) is 0 Å². The SMILES string of the molecule is COc1cc(F)c(C#N)c(C(=O)CCl)c1. The van der Waals surface area contributed by atoms with Crippen LogP contribution in [0.1, 0.15) is 15.9 Å². The molecule has 0 unspecified atom stereocenters. The molecule has 0 N–H and O–H groups in total. The highest BCUT2D eigenvalue weighted by Gasteiger charge is 2.16. The van der Waals surface area contributed by atoms with E-state index >= 15 is 0 Å². The van der Waals surface area contributed by atoms with Gasteiger partial charge in [0.05, 0.1) is 18.6 Å². The topological polar surface area (TPSA) is 50.1 Å². The van der Waals surface area contributed by atoms with Gasteiger partial charge in [-0.25, -0.2) is 4.39 Å². The lowest BCUT2D eigenvalue weighted by Gasteiger charge is -2.05. The van der Waals surface area contributed by atoms with Crippen molar-refractivity contribution in [2.24, 2.45) is 0 Å². The van der Waals surface area contributed by atoms with Crippen molar-refractivity contribution in [2.45, 2.75) is 0 Å². The Kier molecular flexibility index (Phi) is 3.64. The van der Waals surface area contributed by atoms with Gasteiger partial charge in [0.15, 0.2) is 5.78 Å². The third kappa shape index (κ3) is 2.25. The number of alkyl halides is 1. The molecule has 1 aromatic rings. The number of Topliss-reactive ketones (excluding diaryl/α,β-unsaturated/α-hetero) is 1. The number of ketones is 1. The summed E-state index contributed by atoms with van der Waals surface area (Å²) in [6.45, 7) is 0. The summed E-state index contributed by atoms with van der Waals surface area (Å²) in [5, 5.41) is 8.68. The van der Waals surface area contributed by atoms with E-state index in [4.69, 9.17) is 21.6 Å². The maximum Gasteiger partial charge on any atom is 0.179 e. The average Bonchev–Trinajstić information content (AvgIpc) is 2.26. The Morgan fingerprint density at radius 1 is 1.67 bits per heavy atom. The van der Waals surface area contributed by atoms with E-state index < -0.39 is 11.6 Å². The van der Waals surface area contributed by atoms with Crippen LogP contribution >= 0.6 is 11.6 Å². The molecule has 78 valence electrons. The van der Waals surface area contributed by atoms with Crippen LogP contribution in [-0.2, 0) is 0 Å². The maximum atomic E-state index is 13.3. The van der Waals surface area contributed by atoms with Gasteiger partial charge >= 0.3 is 0 Å². The number of benzene rings is 1. The molecule has 5 heteroatoms. The molecule has 0 amide bonds. The first-order chi connectivity index (χ1) is 7.13. The van der Waals surface area contributed by atoms with Crippen LogP contribution in [0.5, 0.6) is 5.75 Å². The van der Waals surface area contributed by atoms with E-state index in [0.717, 1.165) is 6.07 Å². The number of hydrogen-bond acceptors (Lipinski definition) is 3. The monoisotopic (exact) mass is 227 g/mol. The number of carbonyl (C=O) groups is 1. The number of nitriles is 1. The molecular weight excluding hydrogens is 221 g/mol. The first kappa shape index (κ1) is 11.5. The zero-order chi connectivity index (χ0) is 11.4. The fraction of sp³-hybridized carbons (Fsp3) is 0.200. The van der Waals surface area contributed by atoms with Crippen molar-refractivity contribution in [3.63, 3.8) is 0 Å². The molecule has 0 heterocycles. The van der Waals surface area contributed by atoms with E-state index in [1.807, 2.05) is 0 Å². The Bertz CT molecular complexity index is 440. The highest BCUT2D eigenvalue weighted by Crippen LogP contribution is 2.21. The van der Waals surface area contributed by atoms with Crippen molar-refractivity contribution < 1.29 is 13.9 Å². The summed E-state index contributed by atoms with van der Waals surface area (Å²) in [4.78, 5) is 11.3. The molecule has 0 aliphatic heterocycles. The zero-order valence-electron chi connectivity index (χ0n) is 7.88. The molecule has 0 spiro atoms. The van der Waals surface area contributed by atoms with E-state index in [2.05, 4.69) is 0 Å². The van der Waals surface area contributed by atoms with Gasteiger partial charge in [0.25, 0.3) is 0 Å². The number of ether oxygens (including phenoxy) is 1. The van der Waals surface area contributed by atoms with Crippen LogP contribution in [0.25, 0.3) is 0 Å². The van der Waals surface area contributed by atoms with Crippen molar-refractivity contribution in [2.75, 3.05) is 13.0 Å². The first-order valence-corrected chi connectivity index (χ1v) is 4.54. The second-order valence-corrected chi connectivity index (χ2v) is 2.97. The number of nitrogens with zero attached hydrogens (tertiary/aromatic N) is 1. The number of methoxy groups -OCH3 is 1. The molecule has 0 radical (unpaired) electrons. The lowest BCUT2D eigenvalue weighted by atomic mass is 10.0. The molecule has 1 aromatic carbocycles. The number of carbonyl (C=O) groups excluding carboxylic acids is 1. The minimum absolute atomic E-state index is 0.0515. The van der Waals surface area contributed by atoms with Crippen LogP contribution in [-0.4, -0.2) is 18.8 Å². The lowest BCUT2D eigenvalue weighted by molar-refractivity contribution is 0.102. The van der Waals surface area contributed by atoms with Gasteiger partial charge in [-0.05, 0) is 6.07 Å². The van der Waals surface area contributed by atoms with E-state index in [-0.39, 0.29) is 22.8 Å². The summed E-state index contributed by atoms with van der Waals surface area (Å²) < 4.78 is 18.1. The summed E-state index contributed by atoms with van der Waals surface area (Å²) in [5.74, 6) is -1.42. The van der Waals surface area contributed by atoms with E-state index in [1.165, 1.54) is 13.2 Å². The molecule has 0 aliphatic carbocycles. The summed E-state index contributed by atoms with van der Waals surface area (Å²) >= 11 is 5.34. The Labute approximate surface area is 91.0 Å². The highest BCUT2D eigenvalue weighted by molar-refractivity contribution is 6.30. The van der Waals surface area contributed by atoms with Gasteiger partial charge in [-0.2, -0.15) is 5.26 Å². The summed E-state index contributed by atoms with van der Waals surface area (Å²) in [6.07, 6.45) is 0. The van der Waals surface area contributed by atoms with Crippen LogP contribution in [0.4, 0.5) is 4.39 Å². The Morgan fingerprint density at radius 3 is 2.80 bits per heavy atom. The van der Waals surface area contributed by atoms with E-state index in [1.54, 1.807) is 6.07 Å². The van der Waals surface area contributed by atoms with Crippen molar-refractivity contribution >= 4 is 17.4 Å². The van der Waals surface area contributed by atoms with Gasteiger partial charge in [-0.1, -0.05) is 0 Å². The molecule has 0 fully saturated rings. The second-order valence-electron chi connectivity index (χ2n) is 2.70. The Hall–Kier alpha value is -1.60. The molecule has 0 aliphatic rings. The second kappa shape index (κ2) is 4.76. The van der Waals surface area contributed by atoms with Crippen LogP contribution in [0, 0.1) is 17.1 Å².